The van der Waals surface area contributed by atoms with E-state index in [0.717, 1.165) is 46.7 Å². The average molecular weight is 332 g/mol. The number of benzene rings is 1. The molecule has 0 saturated carbocycles. The molecular formula is C20H17FN4. The number of aryl methyl sites for hydroxylation is 1. The summed E-state index contributed by atoms with van der Waals surface area (Å²) in [7, 11) is 0. The third-order valence-corrected chi connectivity index (χ3v) is 4.66. The van der Waals surface area contributed by atoms with Crippen molar-refractivity contribution in [1.82, 2.24) is 14.8 Å². The van der Waals surface area contributed by atoms with Crippen LogP contribution in [-0.2, 0) is 6.42 Å². The molecule has 4 nitrogen and oxygen atoms in total. The van der Waals surface area contributed by atoms with Gasteiger partial charge in [0.1, 0.15) is 11.5 Å². The molecule has 0 N–H and O–H groups in total. The van der Waals surface area contributed by atoms with Crippen LogP contribution in [0.25, 0.3) is 22.5 Å². The third kappa shape index (κ3) is 2.70. The number of rotatable bonds is 3. The summed E-state index contributed by atoms with van der Waals surface area (Å²) in [6.45, 7) is 1.95. The van der Waals surface area contributed by atoms with Crippen molar-refractivity contribution < 1.29 is 4.39 Å². The quantitative estimate of drug-likeness (QED) is 0.711. The van der Waals surface area contributed by atoms with Crippen LogP contribution in [0.2, 0.25) is 0 Å². The summed E-state index contributed by atoms with van der Waals surface area (Å²) in [4.78, 5) is 4.62. The molecule has 0 fully saturated rings. The minimum atomic E-state index is -0.259. The lowest BCUT2D eigenvalue weighted by molar-refractivity contribution is 0.490. The first-order valence-electron chi connectivity index (χ1n) is 8.35. The average Bonchev–Trinajstić information content (AvgIpc) is 3.16. The van der Waals surface area contributed by atoms with Crippen LogP contribution in [0.1, 0.15) is 30.3 Å². The number of halogens is 1. The Labute approximate surface area is 145 Å². The van der Waals surface area contributed by atoms with Crippen molar-refractivity contribution in [3.8, 4) is 28.6 Å². The van der Waals surface area contributed by atoms with Gasteiger partial charge >= 0.3 is 0 Å². The number of nitrogens with zero attached hydrogens (tertiary/aromatic N) is 4. The van der Waals surface area contributed by atoms with Gasteiger partial charge in [-0.25, -0.2) is 4.39 Å². The maximum atomic E-state index is 13.4. The van der Waals surface area contributed by atoms with Crippen molar-refractivity contribution in [3.63, 3.8) is 0 Å². The lowest BCUT2D eigenvalue weighted by Gasteiger charge is -2.06. The van der Waals surface area contributed by atoms with Crippen LogP contribution in [0.5, 0.6) is 0 Å². The van der Waals surface area contributed by atoms with E-state index in [0.29, 0.717) is 6.42 Å². The number of hydrogen-bond donors (Lipinski definition) is 0. The lowest BCUT2D eigenvalue weighted by Crippen LogP contribution is -2.05. The molecular weight excluding hydrogens is 315 g/mol. The van der Waals surface area contributed by atoms with E-state index in [1.807, 2.05) is 29.8 Å². The SMILES string of the molecule is Cc1cccc(-c2nn3c(c2-c2ccc(F)cc2)CCC3CC#N)n1. The molecule has 1 aliphatic rings. The van der Waals surface area contributed by atoms with Gasteiger partial charge in [-0.2, -0.15) is 10.4 Å². The Hall–Kier alpha value is -3.00. The molecule has 25 heavy (non-hydrogen) atoms. The summed E-state index contributed by atoms with van der Waals surface area (Å²) in [5.41, 5.74) is 5.55. The maximum Gasteiger partial charge on any atom is 0.123 e. The molecule has 0 spiro atoms. The van der Waals surface area contributed by atoms with Gasteiger partial charge in [0.2, 0.25) is 0 Å². The Bertz CT molecular complexity index is 966. The Morgan fingerprint density at radius 1 is 1.24 bits per heavy atom. The minimum absolute atomic E-state index is 0.0951. The van der Waals surface area contributed by atoms with Gasteiger partial charge in [0.25, 0.3) is 0 Å². The van der Waals surface area contributed by atoms with E-state index in [1.54, 1.807) is 12.1 Å². The highest BCUT2D eigenvalue weighted by Gasteiger charge is 2.30. The molecule has 1 aliphatic heterocycles. The topological polar surface area (TPSA) is 54.5 Å². The van der Waals surface area contributed by atoms with Gasteiger partial charge in [0.15, 0.2) is 0 Å². The number of pyridine rings is 1. The lowest BCUT2D eigenvalue weighted by atomic mass is 9.99. The fourth-order valence-electron chi connectivity index (χ4n) is 3.50. The molecule has 2 aromatic heterocycles. The second kappa shape index (κ2) is 6.14. The predicted octanol–water partition coefficient (Wildman–Crippen LogP) is 4.46. The largest absolute Gasteiger partial charge is 0.264 e. The van der Waals surface area contributed by atoms with Crippen molar-refractivity contribution in [2.24, 2.45) is 0 Å². The summed E-state index contributed by atoms with van der Waals surface area (Å²) < 4.78 is 15.3. The second-order valence-corrected chi connectivity index (χ2v) is 6.34. The molecule has 0 bridgehead atoms. The molecule has 1 aromatic carbocycles. The first kappa shape index (κ1) is 15.5. The standard InChI is InChI=1S/C20H17FN4/c1-13-3-2-4-17(23-13)20-19(14-5-7-15(21)8-6-14)18-10-9-16(11-12-22)25(18)24-20/h2-8,16H,9-11H2,1H3. The van der Waals surface area contributed by atoms with E-state index in [2.05, 4.69) is 11.1 Å². The van der Waals surface area contributed by atoms with Crippen LogP contribution >= 0.6 is 0 Å². The van der Waals surface area contributed by atoms with E-state index < -0.39 is 0 Å². The zero-order chi connectivity index (χ0) is 17.4. The van der Waals surface area contributed by atoms with Crippen LogP contribution in [0.15, 0.2) is 42.5 Å². The molecule has 1 unspecified atom stereocenters. The van der Waals surface area contributed by atoms with Gasteiger partial charge in [0, 0.05) is 17.0 Å². The highest BCUT2D eigenvalue weighted by atomic mass is 19.1. The van der Waals surface area contributed by atoms with Crippen LogP contribution in [-0.4, -0.2) is 14.8 Å². The monoisotopic (exact) mass is 332 g/mol. The fraction of sp³-hybridized carbons (Fsp3) is 0.250. The van der Waals surface area contributed by atoms with Crippen LogP contribution < -0.4 is 0 Å². The predicted molar refractivity (Wildman–Crippen MR) is 93.2 cm³/mol. The first-order chi connectivity index (χ1) is 12.2. The van der Waals surface area contributed by atoms with Crippen LogP contribution in [0.4, 0.5) is 4.39 Å². The van der Waals surface area contributed by atoms with E-state index in [1.165, 1.54) is 12.1 Å². The number of aromatic nitrogens is 3. The van der Waals surface area contributed by atoms with Crippen molar-refractivity contribution in [2.75, 3.05) is 0 Å². The molecule has 5 heteroatoms. The number of fused-ring (bicyclic) bond motifs is 1. The molecule has 0 amide bonds. The van der Waals surface area contributed by atoms with Crippen molar-refractivity contribution >= 4 is 0 Å². The minimum Gasteiger partial charge on any atom is -0.264 e. The van der Waals surface area contributed by atoms with Gasteiger partial charge in [-0.15, -0.1) is 0 Å². The van der Waals surface area contributed by atoms with E-state index in [4.69, 9.17) is 10.4 Å². The molecule has 0 radical (unpaired) electrons. The zero-order valence-electron chi connectivity index (χ0n) is 13.9. The molecule has 0 saturated heterocycles. The van der Waals surface area contributed by atoms with Gasteiger partial charge in [-0.3, -0.25) is 9.67 Å². The summed E-state index contributed by atoms with van der Waals surface area (Å²) in [6.07, 6.45) is 2.21. The van der Waals surface area contributed by atoms with E-state index in [9.17, 15) is 4.39 Å². The second-order valence-electron chi connectivity index (χ2n) is 6.34. The van der Waals surface area contributed by atoms with E-state index >= 15 is 0 Å². The Balaban J connectivity index is 1.93. The Morgan fingerprint density at radius 3 is 2.76 bits per heavy atom. The molecule has 1 atom stereocenters. The van der Waals surface area contributed by atoms with E-state index in [-0.39, 0.29) is 11.9 Å². The fourth-order valence-corrected chi connectivity index (χ4v) is 3.50. The van der Waals surface area contributed by atoms with Crippen molar-refractivity contribution in [2.45, 2.75) is 32.2 Å². The molecule has 3 heterocycles. The Morgan fingerprint density at radius 2 is 2.04 bits per heavy atom. The third-order valence-electron chi connectivity index (χ3n) is 4.66. The summed E-state index contributed by atoms with van der Waals surface area (Å²) in [5.74, 6) is -0.259. The summed E-state index contributed by atoms with van der Waals surface area (Å²) in [6, 6.07) is 14.7. The van der Waals surface area contributed by atoms with Gasteiger partial charge in [-0.1, -0.05) is 18.2 Å². The number of hydrogen-bond acceptors (Lipinski definition) is 3. The first-order valence-corrected chi connectivity index (χ1v) is 8.35. The molecule has 3 aromatic rings. The smallest absolute Gasteiger partial charge is 0.123 e. The highest BCUT2D eigenvalue weighted by molar-refractivity contribution is 5.81. The normalized spacial score (nSPS) is 15.8. The molecule has 0 aliphatic carbocycles. The molecule has 124 valence electrons. The van der Waals surface area contributed by atoms with Gasteiger partial charge < -0.3 is 0 Å². The zero-order valence-corrected chi connectivity index (χ0v) is 13.9. The summed E-state index contributed by atoms with van der Waals surface area (Å²) in [5, 5.41) is 13.9. The maximum absolute atomic E-state index is 13.4. The Kier molecular flexibility index (Phi) is 3.81. The van der Waals surface area contributed by atoms with Gasteiger partial charge in [-0.05, 0) is 49.6 Å². The van der Waals surface area contributed by atoms with Crippen LogP contribution in [0, 0.1) is 24.1 Å². The van der Waals surface area contributed by atoms with Crippen molar-refractivity contribution in [3.05, 3.63) is 59.7 Å². The molecule has 4 rings (SSSR count). The number of nitriles is 1. The van der Waals surface area contributed by atoms with Gasteiger partial charge in [0.05, 0.1) is 24.2 Å². The van der Waals surface area contributed by atoms with Crippen molar-refractivity contribution in [1.29, 1.82) is 5.26 Å². The van der Waals surface area contributed by atoms with Crippen LogP contribution in [0.3, 0.4) is 0 Å². The highest BCUT2D eigenvalue weighted by Crippen LogP contribution is 2.40. The summed E-state index contributed by atoms with van der Waals surface area (Å²) >= 11 is 0.